The highest BCUT2D eigenvalue weighted by molar-refractivity contribution is 5.94. The molecule has 1 aromatic heterocycles. The lowest BCUT2D eigenvalue weighted by molar-refractivity contribution is 0.0785. The molecule has 5 heteroatoms. The number of rotatable bonds is 5. The normalized spacial score (nSPS) is 10.8. The van der Waals surface area contributed by atoms with Crippen LogP contribution in [0.1, 0.15) is 27.0 Å². The van der Waals surface area contributed by atoms with Gasteiger partial charge in [-0.2, -0.15) is 0 Å². The van der Waals surface area contributed by atoms with Crippen LogP contribution in [0.3, 0.4) is 0 Å². The van der Waals surface area contributed by atoms with Crippen LogP contribution < -0.4 is 0 Å². The predicted octanol–water partition coefficient (Wildman–Crippen LogP) is 5.29. The molecule has 0 unspecified atom stereocenters. The number of aryl methyl sites for hydroxylation is 2. The molecular weight excluding hydrogens is 374 g/mol. The van der Waals surface area contributed by atoms with Gasteiger partial charge in [0.1, 0.15) is 0 Å². The summed E-state index contributed by atoms with van der Waals surface area (Å²) < 4.78 is 5.83. The van der Waals surface area contributed by atoms with Crippen LogP contribution in [0.5, 0.6) is 0 Å². The molecule has 0 radical (unpaired) electrons. The van der Waals surface area contributed by atoms with E-state index in [0.717, 1.165) is 22.3 Å². The second-order valence-corrected chi connectivity index (χ2v) is 7.51. The number of carbonyl (C=O) groups is 1. The van der Waals surface area contributed by atoms with Crippen molar-refractivity contribution in [2.24, 2.45) is 0 Å². The average molecular weight is 397 g/mol. The summed E-state index contributed by atoms with van der Waals surface area (Å²) in [7, 11) is 1.81. The first-order chi connectivity index (χ1) is 14.5. The molecule has 1 heterocycles. The van der Waals surface area contributed by atoms with Crippen molar-refractivity contribution >= 4 is 5.91 Å². The Hall–Kier alpha value is -3.73. The number of carbonyl (C=O) groups excluding carboxylic acids is 1. The van der Waals surface area contributed by atoms with Crippen molar-refractivity contribution in [3.8, 4) is 22.9 Å². The van der Waals surface area contributed by atoms with E-state index in [9.17, 15) is 4.79 Å². The highest BCUT2D eigenvalue weighted by Gasteiger charge is 2.14. The Morgan fingerprint density at radius 3 is 2.17 bits per heavy atom. The molecule has 0 saturated heterocycles. The third-order valence-corrected chi connectivity index (χ3v) is 4.96. The van der Waals surface area contributed by atoms with Crippen molar-refractivity contribution < 1.29 is 9.21 Å². The Labute approximate surface area is 176 Å². The van der Waals surface area contributed by atoms with Gasteiger partial charge in [-0.25, -0.2) is 0 Å². The molecule has 5 nitrogen and oxygen atoms in total. The summed E-state index contributed by atoms with van der Waals surface area (Å²) in [5.41, 5.74) is 5.71. The summed E-state index contributed by atoms with van der Waals surface area (Å²) in [6.07, 6.45) is 0. The van der Waals surface area contributed by atoms with Crippen LogP contribution >= 0.6 is 0 Å². The number of hydrogen-bond donors (Lipinski definition) is 0. The van der Waals surface area contributed by atoms with Gasteiger partial charge in [0, 0.05) is 30.3 Å². The van der Waals surface area contributed by atoms with Crippen molar-refractivity contribution in [1.82, 2.24) is 15.1 Å². The Morgan fingerprint density at radius 1 is 0.833 bits per heavy atom. The molecule has 0 aliphatic heterocycles. The maximum Gasteiger partial charge on any atom is 0.253 e. The third-order valence-electron chi connectivity index (χ3n) is 4.96. The van der Waals surface area contributed by atoms with Gasteiger partial charge < -0.3 is 9.32 Å². The van der Waals surface area contributed by atoms with Crippen LogP contribution in [0.15, 0.2) is 77.2 Å². The van der Waals surface area contributed by atoms with Gasteiger partial charge >= 0.3 is 0 Å². The number of hydrogen-bond acceptors (Lipinski definition) is 4. The van der Waals surface area contributed by atoms with Crippen LogP contribution in [-0.2, 0) is 6.54 Å². The molecule has 1 amide bonds. The molecule has 0 fully saturated rings. The Morgan fingerprint density at radius 2 is 1.50 bits per heavy atom. The van der Waals surface area contributed by atoms with Crippen molar-refractivity contribution in [1.29, 1.82) is 0 Å². The molecule has 4 rings (SSSR count). The molecule has 30 heavy (non-hydrogen) atoms. The standard InChI is InChI=1S/C25H23N3O2/c1-17-7-9-19(10-8-17)16-28(3)25(29)21-13-11-20(12-14-21)23-26-27-24(30-23)22-6-4-5-18(2)15-22/h4-15H,16H2,1-3H3. The van der Waals surface area contributed by atoms with E-state index in [4.69, 9.17) is 4.42 Å². The van der Waals surface area contributed by atoms with E-state index in [2.05, 4.69) is 22.3 Å². The Bertz CT molecular complexity index is 1160. The molecule has 0 aliphatic rings. The lowest BCUT2D eigenvalue weighted by atomic mass is 10.1. The van der Waals surface area contributed by atoms with Crippen LogP contribution in [0.2, 0.25) is 0 Å². The smallest absolute Gasteiger partial charge is 0.253 e. The van der Waals surface area contributed by atoms with Gasteiger partial charge in [0.15, 0.2) is 0 Å². The van der Waals surface area contributed by atoms with E-state index in [1.54, 1.807) is 17.0 Å². The third kappa shape index (κ3) is 4.30. The van der Waals surface area contributed by atoms with Crippen LogP contribution in [0.25, 0.3) is 22.9 Å². The zero-order valence-electron chi connectivity index (χ0n) is 17.3. The van der Waals surface area contributed by atoms with Crippen molar-refractivity contribution in [3.05, 3.63) is 95.1 Å². The van der Waals surface area contributed by atoms with Crippen molar-refractivity contribution in [2.75, 3.05) is 7.05 Å². The fourth-order valence-corrected chi connectivity index (χ4v) is 3.25. The molecule has 0 atom stereocenters. The zero-order valence-corrected chi connectivity index (χ0v) is 17.3. The quantitative estimate of drug-likeness (QED) is 0.459. The maximum absolute atomic E-state index is 12.8. The molecule has 3 aromatic carbocycles. The summed E-state index contributed by atoms with van der Waals surface area (Å²) in [5, 5.41) is 8.30. The zero-order chi connectivity index (χ0) is 21.1. The molecule has 0 saturated carbocycles. The largest absolute Gasteiger partial charge is 0.416 e. The predicted molar refractivity (Wildman–Crippen MR) is 117 cm³/mol. The minimum absolute atomic E-state index is 0.0342. The number of nitrogens with zero attached hydrogens (tertiary/aromatic N) is 3. The van der Waals surface area contributed by atoms with Gasteiger partial charge in [-0.05, 0) is 55.8 Å². The summed E-state index contributed by atoms with van der Waals surface area (Å²) in [6.45, 7) is 4.63. The SMILES string of the molecule is Cc1ccc(CN(C)C(=O)c2ccc(-c3nnc(-c4cccc(C)c4)o3)cc2)cc1. The minimum Gasteiger partial charge on any atom is -0.416 e. The topological polar surface area (TPSA) is 59.2 Å². The van der Waals surface area contributed by atoms with Gasteiger partial charge in [0.2, 0.25) is 11.8 Å². The molecule has 0 spiro atoms. The first-order valence-corrected chi connectivity index (χ1v) is 9.81. The second-order valence-electron chi connectivity index (χ2n) is 7.51. The van der Waals surface area contributed by atoms with Crippen LogP contribution in [0, 0.1) is 13.8 Å². The van der Waals surface area contributed by atoms with Gasteiger partial charge in [-0.3, -0.25) is 4.79 Å². The van der Waals surface area contributed by atoms with E-state index in [0.29, 0.717) is 23.9 Å². The minimum atomic E-state index is -0.0342. The highest BCUT2D eigenvalue weighted by Crippen LogP contribution is 2.25. The summed E-state index contributed by atoms with van der Waals surface area (Å²) >= 11 is 0. The summed E-state index contributed by atoms with van der Waals surface area (Å²) in [4.78, 5) is 14.5. The molecule has 0 N–H and O–H groups in total. The molecular formula is C25H23N3O2. The van der Waals surface area contributed by atoms with Gasteiger partial charge in [-0.15, -0.1) is 10.2 Å². The number of benzene rings is 3. The molecule has 0 aliphatic carbocycles. The van der Waals surface area contributed by atoms with E-state index in [-0.39, 0.29) is 5.91 Å². The monoisotopic (exact) mass is 397 g/mol. The Kier molecular flexibility index (Phi) is 5.44. The number of amides is 1. The van der Waals surface area contributed by atoms with E-state index >= 15 is 0 Å². The van der Waals surface area contributed by atoms with E-state index < -0.39 is 0 Å². The fourth-order valence-electron chi connectivity index (χ4n) is 3.25. The fraction of sp³-hybridized carbons (Fsp3) is 0.160. The summed E-state index contributed by atoms with van der Waals surface area (Å²) in [6, 6.07) is 23.4. The van der Waals surface area contributed by atoms with Crippen molar-refractivity contribution in [2.45, 2.75) is 20.4 Å². The second kappa shape index (κ2) is 8.33. The lowest BCUT2D eigenvalue weighted by Crippen LogP contribution is -2.26. The van der Waals surface area contributed by atoms with E-state index in [1.165, 1.54) is 5.56 Å². The van der Waals surface area contributed by atoms with E-state index in [1.807, 2.05) is 69.4 Å². The molecule has 4 aromatic rings. The summed E-state index contributed by atoms with van der Waals surface area (Å²) in [5.74, 6) is 0.873. The lowest BCUT2D eigenvalue weighted by Gasteiger charge is -2.17. The Balaban J connectivity index is 1.47. The van der Waals surface area contributed by atoms with Gasteiger partial charge in [0.05, 0.1) is 0 Å². The average Bonchev–Trinajstić information content (AvgIpc) is 3.25. The van der Waals surface area contributed by atoms with Crippen LogP contribution in [0.4, 0.5) is 0 Å². The van der Waals surface area contributed by atoms with Gasteiger partial charge in [0.25, 0.3) is 5.91 Å². The highest BCUT2D eigenvalue weighted by atomic mass is 16.4. The van der Waals surface area contributed by atoms with Gasteiger partial charge in [-0.1, -0.05) is 47.5 Å². The molecule has 150 valence electrons. The first kappa shape index (κ1) is 19.6. The maximum atomic E-state index is 12.8. The van der Waals surface area contributed by atoms with Crippen LogP contribution in [-0.4, -0.2) is 28.1 Å². The first-order valence-electron chi connectivity index (χ1n) is 9.81. The molecule has 0 bridgehead atoms. The van der Waals surface area contributed by atoms with Crippen molar-refractivity contribution in [3.63, 3.8) is 0 Å². The number of aromatic nitrogens is 2.